The van der Waals surface area contributed by atoms with Crippen LogP contribution in [-0.4, -0.2) is 34.3 Å². The van der Waals surface area contributed by atoms with Gasteiger partial charge >= 0.3 is 0 Å². The fourth-order valence-corrected chi connectivity index (χ4v) is 6.17. The second kappa shape index (κ2) is 9.68. The molecule has 0 aliphatic rings. The zero-order valence-electron chi connectivity index (χ0n) is 23.4. The molecule has 0 amide bonds. The summed E-state index contributed by atoms with van der Waals surface area (Å²) in [6.45, 7) is 0. The van der Waals surface area contributed by atoms with Gasteiger partial charge in [-0.15, -0.1) is 5.10 Å². The molecule has 0 aliphatic heterocycles. The molecule has 0 radical (unpaired) electrons. The lowest BCUT2D eigenvalue weighted by Gasteiger charge is -2.11. The minimum atomic E-state index is 0.561. The molecular weight excluding hydrogens is 542 g/mol. The second-order valence-electron chi connectivity index (χ2n) is 10.7. The van der Waals surface area contributed by atoms with Crippen molar-refractivity contribution in [3.63, 3.8) is 0 Å². The minimum Gasteiger partial charge on any atom is -0.292 e. The van der Waals surface area contributed by atoms with Crippen LogP contribution in [0.1, 0.15) is 0 Å². The molecule has 44 heavy (non-hydrogen) atoms. The molecule has 0 fully saturated rings. The highest BCUT2D eigenvalue weighted by molar-refractivity contribution is 6.18. The number of nitrogens with zero attached hydrogens (tertiary/aromatic N) is 7. The predicted molar refractivity (Wildman–Crippen MR) is 175 cm³/mol. The van der Waals surface area contributed by atoms with Gasteiger partial charge in [0.2, 0.25) is 5.95 Å². The molecule has 0 bridgehead atoms. The van der Waals surface area contributed by atoms with Gasteiger partial charge in [-0.3, -0.25) is 9.13 Å². The molecule has 5 aromatic carbocycles. The first-order chi connectivity index (χ1) is 21.8. The van der Waals surface area contributed by atoms with Gasteiger partial charge in [0.25, 0.3) is 0 Å². The van der Waals surface area contributed by atoms with Gasteiger partial charge < -0.3 is 0 Å². The van der Waals surface area contributed by atoms with Crippen molar-refractivity contribution in [2.24, 2.45) is 0 Å². The summed E-state index contributed by atoms with van der Waals surface area (Å²) in [6.07, 6.45) is 1.76. The second-order valence-corrected chi connectivity index (χ2v) is 10.7. The Labute approximate surface area is 251 Å². The number of rotatable bonds is 4. The molecule has 206 valence electrons. The fourth-order valence-electron chi connectivity index (χ4n) is 6.17. The maximum absolute atomic E-state index is 5.09. The van der Waals surface area contributed by atoms with E-state index in [-0.39, 0.29) is 0 Å². The molecule has 0 unspecified atom stereocenters. The van der Waals surface area contributed by atoms with Crippen LogP contribution in [0.2, 0.25) is 0 Å². The average molecular weight is 566 g/mol. The number of fused-ring (bicyclic) bond motifs is 6. The minimum absolute atomic E-state index is 0.561. The lowest BCUT2D eigenvalue weighted by Crippen LogP contribution is -2.06. The van der Waals surface area contributed by atoms with E-state index in [0.717, 1.165) is 60.6 Å². The van der Waals surface area contributed by atoms with E-state index in [1.54, 1.807) is 6.20 Å². The molecule has 4 aromatic heterocycles. The van der Waals surface area contributed by atoms with Crippen LogP contribution >= 0.6 is 0 Å². The average Bonchev–Trinajstić information content (AvgIpc) is 3.60. The Bertz CT molecular complexity index is 2420. The molecule has 9 rings (SSSR count). The molecule has 0 saturated carbocycles. The number of benzene rings is 5. The lowest BCUT2D eigenvalue weighted by atomic mass is 10.1. The summed E-state index contributed by atoms with van der Waals surface area (Å²) in [6, 6.07) is 45.4. The Morgan fingerprint density at radius 2 is 1.02 bits per heavy atom. The van der Waals surface area contributed by atoms with Crippen LogP contribution in [0, 0.1) is 0 Å². The summed E-state index contributed by atoms with van der Waals surface area (Å²) < 4.78 is 4.33. The molecule has 9 aromatic rings. The number of hydrogen-bond donors (Lipinski definition) is 0. The predicted octanol–water partition coefficient (Wildman–Crippen LogP) is 8.19. The maximum atomic E-state index is 5.09. The van der Waals surface area contributed by atoms with Gasteiger partial charge in [0.05, 0.1) is 22.7 Å². The third-order valence-corrected chi connectivity index (χ3v) is 8.14. The Morgan fingerprint density at radius 1 is 0.432 bits per heavy atom. The Morgan fingerprint density at radius 3 is 1.73 bits per heavy atom. The van der Waals surface area contributed by atoms with Crippen LogP contribution in [0.4, 0.5) is 0 Å². The van der Waals surface area contributed by atoms with Crippen LogP contribution in [0.15, 0.2) is 140 Å². The van der Waals surface area contributed by atoms with E-state index in [1.165, 1.54) is 0 Å². The fraction of sp³-hybridized carbons (Fsp3) is 0. The largest absolute Gasteiger partial charge is 0.292 e. The molecule has 0 atom stereocenters. The van der Waals surface area contributed by atoms with Crippen LogP contribution in [0.3, 0.4) is 0 Å². The first kappa shape index (κ1) is 24.4. The highest BCUT2D eigenvalue weighted by atomic mass is 15.2. The summed E-state index contributed by atoms with van der Waals surface area (Å²) >= 11 is 0. The van der Waals surface area contributed by atoms with Gasteiger partial charge in [-0.05, 0) is 36.4 Å². The maximum Gasteiger partial charge on any atom is 0.238 e. The van der Waals surface area contributed by atoms with Gasteiger partial charge in [0.15, 0.2) is 17.3 Å². The number of para-hydroxylation sites is 2. The molecule has 7 heteroatoms. The normalized spacial score (nSPS) is 11.6. The molecule has 0 aliphatic carbocycles. The Balaban J connectivity index is 1.41. The summed E-state index contributed by atoms with van der Waals surface area (Å²) in [7, 11) is 0. The van der Waals surface area contributed by atoms with E-state index in [9.17, 15) is 0 Å². The van der Waals surface area contributed by atoms with Crippen molar-refractivity contribution in [2.45, 2.75) is 0 Å². The molecular formula is C37H23N7. The van der Waals surface area contributed by atoms with Crippen molar-refractivity contribution >= 4 is 43.7 Å². The number of hydrogen-bond acceptors (Lipinski definition) is 5. The van der Waals surface area contributed by atoms with Crippen molar-refractivity contribution in [3.8, 4) is 34.4 Å². The molecule has 4 heterocycles. The third kappa shape index (κ3) is 3.73. The van der Waals surface area contributed by atoms with Crippen LogP contribution in [0.5, 0.6) is 0 Å². The third-order valence-electron chi connectivity index (χ3n) is 8.14. The van der Waals surface area contributed by atoms with Crippen LogP contribution < -0.4 is 0 Å². The Kier molecular flexibility index (Phi) is 5.36. The van der Waals surface area contributed by atoms with E-state index in [4.69, 9.17) is 15.0 Å². The summed E-state index contributed by atoms with van der Waals surface area (Å²) in [4.78, 5) is 15.1. The number of aromatic nitrogens is 7. The summed E-state index contributed by atoms with van der Waals surface area (Å²) in [5, 5.41) is 13.2. The Hall–Kier alpha value is -6.21. The van der Waals surface area contributed by atoms with E-state index >= 15 is 0 Å². The SMILES string of the molecule is c1ccc(-c2nc(-c3ccccc3)nc(-n3c4ccccc4c4cc5c6ccnnc6n(-c6ccccc6)c5cc43)n2)cc1. The molecule has 0 spiro atoms. The van der Waals surface area contributed by atoms with Gasteiger partial charge in [-0.2, -0.15) is 15.1 Å². The summed E-state index contributed by atoms with van der Waals surface area (Å²) in [5.41, 5.74) is 6.75. The zero-order valence-corrected chi connectivity index (χ0v) is 23.4. The first-order valence-corrected chi connectivity index (χ1v) is 14.5. The van der Waals surface area contributed by atoms with E-state index < -0.39 is 0 Å². The van der Waals surface area contributed by atoms with Crippen molar-refractivity contribution in [1.29, 1.82) is 0 Å². The lowest BCUT2D eigenvalue weighted by molar-refractivity contribution is 0.953. The van der Waals surface area contributed by atoms with Gasteiger partial charge in [0, 0.05) is 38.4 Å². The van der Waals surface area contributed by atoms with Crippen molar-refractivity contribution in [3.05, 3.63) is 140 Å². The van der Waals surface area contributed by atoms with Crippen LogP contribution in [-0.2, 0) is 0 Å². The van der Waals surface area contributed by atoms with Crippen molar-refractivity contribution < 1.29 is 0 Å². The monoisotopic (exact) mass is 565 g/mol. The zero-order chi connectivity index (χ0) is 29.0. The first-order valence-electron chi connectivity index (χ1n) is 14.5. The van der Waals surface area contributed by atoms with Crippen molar-refractivity contribution in [1.82, 2.24) is 34.3 Å². The van der Waals surface area contributed by atoms with Crippen molar-refractivity contribution in [2.75, 3.05) is 0 Å². The summed E-state index contributed by atoms with van der Waals surface area (Å²) in [5.74, 6) is 1.80. The molecule has 7 nitrogen and oxygen atoms in total. The smallest absolute Gasteiger partial charge is 0.238 e. The van der Waals surface area contributed by atoms with Gasteiger partial charge in [0.1, 0.15) is 0 Å². The van der Waals surface area contributed by atoms with E-state index in [2.05, 4.69) is 67.9 Å². The highest BCUT2D eigenvalue weighted by Gasteiger charge is 2.21. The molecule has 0 saturated heterocycles. The van der Waals surface area contributed by atoms with E-state index in [1.807, 2.05) is 84.9 Å². The van der Waals surface area contributed by atoms with Gasteiger partial charge in [-0.25, -0.2) is 4.98 Å². The van der Waals surface area contributed by atoms with Crippen LogP contribution in [0.25, 0.3) is 78.2 Å². The molecule has 0 N–H and O–H groups in total. The standard InChI is InChI=1S/C37H23N7/c1-4-12-24(13-5-1)34-39-35(25-14-6-2-7-15-25)41-37(40-34)44-31-19-11-10-18-27(31)29-22-30-28-20-21-38-42-36(28)43(32(30)23-33(29)44)26-16-8-3-9-17-26/h1-23H. The highest BCUT2D eigenvalue weighted by Crippen LogP contribution is 2.38. The topological polar surface area (TPSA) is 74.3 Å². The van der Waals surface area contributed by atoms with E-state index in [0.29, 0.717) is 17.6 Å². The quantitative estimate of drug-likeness (QED) is 0.215. The van der Waals surface area contributed by atoms with Gasteiger partial charge in [-0.1, -0.05) is 97.1 Å².